The Morgan fingerprint density at radius 3 is 1.57 bits per heavy atom. The Bertz CT molecular complexity index is 236. The molecule has 126 valence electrons. The van der Waals surface area contributed by atoms with Crippen molar-refractivity contribution in [2.75, 3.05) is 45.8 Å². The second-order valence-corrected chi connectivity index (χ2v) is 7.26. The number of quaternary nitrogens is 1. The molecule has 0 spiro atoms. The van der Waals surface area contributed by atoms with Gasteiger partial charge in [-0.25, -0.2) is 0 Å². The number of piperazine rings is 3. The maximum absolute atomic E-state index is 2.65. The Balaban J connectivity index is 0.00000220. The Labute approximate surface area is 139 Å². The van der Waals surface area contributed by atoms with E-state index in [1.807, 2.05) is 0 Å². The zero-order chi connectivity index (χ0) is 14.1. The molecule has 2 bridgehead atoms. The van der Waals surface area contributed by atoms with Crippen LogP contribution in [0.4, 0.5) is 0 Å². The molecule has 0 aromatic carbocycles. The number of fused-ring (bicyclic) bond motifs is 3. The van der Waals surface area contributed by atoms with Crippen LogP contribution < -0.4 is 12.4 Å². The van der Waals surface area contributed by atoms with Gasteiger partial charge in [-0.3, -0.25) is 4.90 Å². The first-order valence-corrected chi connectivity index (χ1v) is 9.42. The lowest BCUT2D eigenvalue weighted by atomic mass is 10.1. The van der Waals surface area contributed by atoms with Gasteiger partial charge in [-0.2, -0.15) is 0 Å². The van der Waals surface area contributed by atoms with Gasteiger partial charge in [-0.15, -0.1) is 0 Å². The van der Waals surface area contributed by atoms with Crippen molar-refractivity contribution in [3.8, 4) is 0 Å². The van der Waals surface area contributed by atoms with E-state index in [2.05, 4.69) is 11.8 Å². The van der Waals surface area contributed by atoms with Crippen molar-refractivity contribution in [3.05, 3.63) is 0 Å². The molecule has 21 heavy (non-hydrogen) atoms. The number of hydrogen-bond acceptors (Lipinski definition) is 1. The van der Waals surface area contributed by atoms with Crippen LogP contribution in [0.25, 0.3) is 0 Å². The summed E-state index contributed by atoms with van der Waals surface area (Å²) in [6.45, 7) is 12.2. The van der Waals surface area contributed by atoms with Crippen molar-refractivity contribution in [2.24, 2.45) is 0 Å². The average Bonchev–Trinajstić information content (AvgIpc) is 2.51. The van der Waals surface area contributed by atoms with Gasteiger partial charge in [-0.05, 0) is 12.8 Å². The zero-order valence-electron chi connectivity index (χ0n) is 14.3. The minimum Gasteiger partial charge on any atom is -1.00 e. The van der Waals surface area contributed by atoms with Gasteiger partial charge in [0.25, 0.3) is 0 Å². The summed E-state index contributed by atoms with van der Waals surface area (Å²) in [5.74, 6) is 0. The maximum Gasteiger partial charge on any atom is 0.0916 e. The van der Waals surface area contributed by atoms with Crippen LogP contribution in [0, 0.1) is 0 Å². The third kappa shape index (κ3) is 6.88. The number of nitrogens with zero attached hydrogens (tertiary/aromatic N) is 2. The molecule has 2 nitrogen and oxygen atoms in total. The van der Waals surface area contributed by atoms with E-state index in [4.69, 9.17) is 0 Å². The van der Waals surface area contributed by atoms with Crippen LogP contribution in [0.1, 0.15) is 71.1 Å². The lowest BCUT2D eigenvalue weighted by Gasteiger charge is -2.50. The van der Waals surface area contributed by atoms with E-state index < -0.39 is 0 Å². The molecule has 0 aromatic rings. The van der Waals surface area contributed by atoms with Crippen LogP contribution >= 0.6 is 0 Å². The minimum atomic E-state index is 0. The highest BCUT2D eigenvalue weighted by Crippen LogP contribution is 2.21. The Hall–Kier alpha value is 0.210. The number of unbranched alkanes of at least 4 members (excludes halogenated alkanes) is 9. The molecule has 0 saturated carbocycles. The van der Waals surface area contributed by atoms with E-state index >= 15 is 0 Å². The smallest absolute Gasteiger partial charge is 0.0916 e. The van der Waals surface area contributed by atoms with Crippen LogP contribution in [-0.2, 0) is 0 Å². The largest absolute Gasteiger partial charge is 1.00 e. The van der Waals surface area contributed by atoms with Gasteiger partial charge in [0.2, 0.25) is 0 Å². The first-order valence-electron chi connectivity index (χ1n) is 9.42. The lowest BCUT2D eigenvalue weighted by molar-refractivity contribution is -0.941. The normalized spacial score (nSPS) is 27.6. The maximum atomic E-state index is 2.65. The van der Waals surface area contributed by atoms with Gasteiger partial charge in [0, 0.05) is 19.6 Å². The van der Waals surface area contributed by atoms with Crippen molar-refractivity contribution in [1.82, 2.24) is 4.90 Å². The molecule has 3 aliphatic rings. The van der Waals surface area contributed by atoms with Crippen LogP contribution in [0.5, 0.6) is 0 Å². The molecular weight excluding hydrogens is 280 g/mol. The Morgan fingerprint density at radius 1 is 0.667 bits per heavy atom. The van der Waals surface area contributed by atoms with Crippen LogP contribution in [0.3, 0.4) is 0 Å². The monoisotopic (exact) mass is 316 g/mol. The van der Waals surface area contributed by atoms with E-state index in [1.54, 1.807) is 0 Å². The van der Waals surface area contributed by atoms with Crippen molar-refractivity contribution in [2.45, 2.75) is 71.1 Å². The average molecular weight is 317 g/mol. The van der Waals surface area contributed by atoms with Gasteiger partial charge in [0.1, 0.15) is 0 Å². The summed E-state index contributed by atoms with van der Waals surface area (Å²) in [7, 11) is 0. The third-order valence-corrected chi connectivity index (χ3v) is 5.66. The molecule has 3 rings (SSSR count). The van der Waals surface area contributed by atoms with E-state index in [0.29, 0.717) is 0 Å². The molecule has 3 heterocycles. The molecule has 0 aliphatic carbocycles. The fourth-order valence-corrected chi connectivity index (χ4v) is 4.00. The highest BCUT2D eigenvalue weighted by atomic mass is 35.5. The highest BCUT2D eigenvalue weighted by molar-refractivity contribution is 4.70. The molecule has 0 amide bonds. The summed E-state index contributed by atoms with van der Waals surface area (Å²) >= 11 is 0. The summed E-state index contributed by atoms with van der Waals surface area (Å²) in [5, 5.41) is 0. The third-order valence-electron chi connectivity index (χ3n) is 5.66. The summed E-state index contributed by atoms with van der Waals surface area (Å²) in [5.41, 5.74) is 0. The van der Waals surface area contributed by atoms with E-state index in [9.17, 15) is 0 Å². The SMILES string of the molecule is CCCCCCCCCCCC[N+]12CCN(CC1)CC2.[Cl-]. The topological polar surface area (TPSA) is 3.24 Å². The molecule has 0 N–H and O–H groups in total. The molecule has 3 saturated heterocycles. The predicted molar refractivity (Wildman–Crippen MR) is 88.0 cm³/mol. The quantitative estimate of drug-likeness (QED) is 0.407. The zero-order valence-corrected chi connectivity index (χ0v) is 15.0. The standard InChI is InChI=1S/C18H37N2.ClH/c1-2-3-4-5-6-7-8-9-10-11-15-20-16-12-19(13-17-20)14-18-20;/h2-18H2,1H3;1H/q+1;/p-1. The van der Waals surface area contributed by atoms with Crippen molar-refractivity contribution in [3.63, 3.8) is 0 Å². The lowest BCUT2D eigenvalue weighted by Crippen LogP contribution is -3.00. The number of halogens is 1. The Morgan fingerprint density at radius 2 is 1.10 bits per heavy atom. The molecule has 0 aromatic heterocycles. The fourth-order valence-electron chi connectivity index (χ4n) is 4.00. The van der Waals surface area contributed by atoms with Gasteiger partial charge >= 0.3 is 0 Å². The summed E-state index contributed by atoms with van der Waals surface area (Å²) in [6, 6.07) is 0. The van der Waals surface area contributed by atoms with E-state index in [0.717, 1.165) is 0 Å². The van der Waals surface area contributed by atoms with E-state index in [1.165, 1.54) is 115 Å². The van der Waals surface area contributed by atoms with Gasteiger partial charge < -0.3 is 16.9 Å². The van der Waals surface area contributed by atoms with Gasteiger partial charge in [-0.1, -0.05) is 58.3 Å². The first kappa shape index (κ1) is 19.3. The van der Waals surface area contributed by atoms with Crippen LogP contribution in [-0.4, -0.2) is 55.2 Å². The second-order valence-electron chi connectivity index (χ2n) is 7.26. The first-order chi connectivity index (χ1) is 9.85. The second kappa shape index (κ2) is 10.9. The van der Waals surface area contributed by atoms with Gasteiger partial charge in [0.15, 0.2) is 0 Å². The molecule has 0 radical (unpaired) electrons. The number of hydrogen-bond donors (Lipinski definition) is 0. The van der Waals surface area contributed by atoms with E-state index in [-0.39, 0.29) is 12.4 Å². The molecule has 3 fully saturated rings. The molecule has 0 atom stereocenters. The van der Waals surface area contributed by atoms with Crippen molar-refractivity contribution < 1.29 is 16.9 Å². The molecule has 3 heteroatoms. The summed E-state index contributed by atoms with van der Waals surface area (Å²) < 4.78 is 1.47. The highest BCUT2D eigenvalue weighted by Gasteiger charge is 2.37. The van der Waals surface area contributed by atoms with Crippen molar-refractivity contribution >= 4 is 0 Å². The Kier molecular flexibility index (Phi) is 9.96. The van der Waals surface area contributed by atoms with Crippen LogP contribution in [0.2, 0.25) is 0 Å². The summed E-state index contributed by atoms with van der Waals surface area (Å²) in [6.07, 6.45) is 14.7. The summed E-state index contributed by atoms with van der Waals surface area (Å²) in [4.78, 5) is 2.65. The minimum absolute atomic E-state index is 0. The fraction of sp³-hybridized carbons (Fsp3) is 1.00. The molecule has 3 aliphatic heterocycles. The molecular formula is C18H37ClN2. The number of rotatable bonds is 11. The molecule has 0 unspecified atom stereocenters. The van der Waals surface area contributed by atoms with Crippen molar-refractivity contribution in [1.29, 1.82) is 0 Å². The van der Waals surface area contributed by atoms with Gasteiger partial charge in [0.05, 0.1) is 26.2 Å². The predicted octanol–water partition coefficient (Wildman–Crippen LogP) is 1.06. The van der Waals surface area contributed by atoms with Crippen LogP contribution in [0.15, 0.2) is 0 Å².